The zero-order valence-electron chi connectivity index (χ0n) is 8.63. The number of ether oxygens (including phenoxy) is 2. The topological polar surface area (TPSA) is 35.5 Å². The van der Waals surface area contributed by atoms with E-state index in [1.165, 1.54) is 19.1 Å². The molecule has 0 radical (unpaired) electrons. The SMILES string of the molecule is CC(=O)CCc1ccc2c(c1)OC(F)(F)O2. The highest BCUT2D eigenvalue weighted by molar-refractivity contribution is 5.75. The van der Waals surface area contributed by atoms with Crippen molar-refractivity contribution < 1.29 is 23.0 Å². The number of hydrogen-bond acceptors (Lipinski definition) is 3. The molecule has 0 fully saturated rings. The van der Waals surface area contributed by atoms with Crippen molar-refractivity contribution in [3.8, 4) is 11.5 Å². The zero-order valence-corrected chi connectivity index (χ0v) is 8.63. The van der Waals surface area contributed by atoms with Crippen molar-refractivity contribution in [2.75, 3.05) is 0 Å². The fourth-order valence-electron chi connectivity index (χ4n) is 1.47. The van der Waals surface area contributed by atoms with Crippen LogP contribution in [-0.2, 0) is 11.2 Å². The van der Waals surface area contributed by atoms with Crippen LogP contribution in [0.2, 0.25) is 0 Å². The third kappa shape index (κ3) is 2.29. The number of carbonyl (C=O) groups excluding carboxylic acids is 1. The standard InChI is InChI=1S/C11H10F2O3/c1-7(14)2-3-8-4-5-9-10(6-8)16-11(12,13)15-9/h4-6H,2-3H2,1H3. The molecule has 0 aromatic heterocycles. The molecule has 86 valence electrons. The molecule has 1 heterocycles. The Hall–Kier alpha value is -1.65. The van der Waals surface area contributed by atoms with Crippen LogP contribution in [-0.4, -0.2) is 12.1 Å². The lowest BCUT2D eigenvalue weighted by atomic mass is 10.1. The summed E-state index contributed by atoms with van der Waals surface area (Å²) < 4.78 is 33.9. The van der Waals surface area contributed by atoms with Crippen LogP contribution in [0.5, 0.6) is 11.5 Å². The Balaban J connectivity index is 2.13. The maximum absolute atomic E-state index is 12.7. The number of Topliss-reactive ketones (excluding diaryl/α,β-unsaturated/α-hetero) is 1. The summed E-state index contributed by atoms with van der Waals surface area (Å²) in [6.07, 6.45) is -2.69. The van der Waals surface area contributed by atoms with Gasteiger partial charge in [-0.15, -0.1) is 8.78 Å². The van der Waals surface area contributed by atoms with E-state index in [1.54, 1.807) is 6.07 Å². The summed E-state index contributed by atoms with van der Waals surface area (Å²) in [6, 6.07) is 4.54. The van der Waals surface area contributed by atoms with Crippen LogP contribution in [0.25, 0.3) is 0 Å². The van der Waals surface area contributed by atoms with E-state index in [-0.39, 0.29) is 17.3 Å². The molecule has 16 heavy (non-hydrogen) atoms. The molecule has 1 aliphatic heterocycles. The van der Waals surface area contributed by atoms with Gasteiger partial charge in [0, 0.05) is 6.42 Å². The summed E-state index contributed by atoms with van der Waals surface area (Å²) in [6.45, 7) is 1.49. The molecule has 0 bridgehead atoms. The van der Waals surface area contributed by atoms with Gasteiger partial charge in [0.15, 0.2) is 11.5 Å². The molecule has 1 aromatic carbocycles. The highest BCUT2D eigenvalue weighted by Gasteiger charge is 2.43. The largest absolute Gasteiger partial charge is 0.586 e. The van der Waals surface area contributed by atoms with Crippen molar-refractivity contribution in [2.45, 2.75) is 26.1 Å². The third-order valence-corrected chi connectivity index (χ3v) is 2.23. The summed E-state index contributed by atoms with van der Waals surface area (Å²) in [7, 11) is 0. The molecule has 0 spiro atoms. The third-order valence-electron chi connectivity index (χ3n) is 2.23. The van der Waals surface area contributed by atoms with Crippen molar-refractivity contribution in [1.29, 1.82) is 0 Å². The second kappa shape index (κ2) is 3.73. The van der Waals surface area contributed by atoms with E-state index in [1.807, 2.05) is 0 Å². The van der Waals surface area contributed by atoms with Gasteiger partial charge in [-0.3, -0.25) is 0 Å². The lowest BCUT2D eigenvalue weighted by molar-refractivity contribution is -0.286. The summed E-state index contributed by atoms with van der Waals surface area (Å²) in [5.74, 6) is 0.102. The Bertz CT molecular complexity index is 429. The van der Waals surface area contributed by atoms with E-state index in [2.05, 4.69) is 9.47 Å². The van der Waals surface area contributed by atoms with Crippen LogP contribution in [0, 0.1) is 0 Å². The minimum atomic E-state index is -3.58. The molecule has 0 atom stereocenters. The van der Waals surface area contributed by atoms with Gasteiger partial charge in [0.2, 0.25) is 0 Å². The van der Waals surface area contributed by atoms with Crippen LogP contribution in [0.4, 0.5) is 8.78 Å². The Morgan fingerprint density at radius 3 is 2.69 bits per heavy atom. The molecule has 1 aliphatic rings. The molecule has 0 aliphatic carbocycles. The number of rotatable bonds is 3. The average molecular weight is 228 g/mol. The number of halogens is 2. The van der Waals surface area contributed by atoms with E-state index in [0.29, 0.717) is 12.8 Å². The molecular weight excluding hydrogens is 218 g/mol. The van der Waals surface area contributed by atoms with Gasteiger partial charge < -0.3 is 14.3 Å². The molecule has 1 aromatic rings. The smallest absolute Gasteiger partial charge is 0.395 e. The van der Waals surface area contributed by atoms with Gasteiger partial charge in [-0.2, -0.15) is 0 Å². The Morgan fingerprint density at radius 2 is 2.00 bits per heavy atom. The molecule has 0 saturated heterocycles. The van der Waals surface area contributed by atoms with Gasteiger partial charge in [-0.25, -0.2) is 0 Å². The number of ketones is 1. The maximum atomic E-state index is 12.7. The Labute approximate surface area is 91.0 Å². The number of hydrogen-bond donors (Lipinski definition) is 0. The summed E-state index contributed by atoms with van der Waals surface area (Å²) >= 11 is 0. The lowest BCUT2D eigenvalue weighted by Gasteiger charge is -2.04. The van der Waals surface area contributed by atoms with Crippen LogP contribution in [0.1, 0.15) is 18.9 Å². The minimum absolute atomic E-state index is 0.0195. The summed E-state index contributed by atoms with van der Waals surface area (Å²) in [4.78, 5) is 10.8. The number of aryl methyl sites for hydroxylation is 1. The summed E-state index contributed by atoms with van der Waals surface area (Å²) in [5, 5.41) is 0. The molecule has 0 saturated carbocycles. The molecule has 0 N–H and O–H groups in total. The maximum Gasteiger partial charge on any atom is 0.586 e. The van der Waals surface area contributed by atoms with Crippen LogP contribution in [0.15, 0.2) is 18.2 Å². The number of alkyl halides is 2. The van der Waals surface area contributed by atoms with Gasteiger partial charge in [-0.1, -0.05) is 6.07 Å². The summed E-state index contributed by atoms with van der Waals surface area (Å²) in [5.41, 5.74) is 0.773. The van der Waals surface area contributed by atoms with Crippen LogP contribution >= 0.6 is 0 Å². The quantitative estimate of drug-likeness (QED) is 0.797. The predicted octanol–water partition coefficient (Wildman–Crippen LogP) is 2.53. The number of benzene rings is 1. The fraction of sp³-hybridized carbons (Fsp3) is 0.364. The fourth-order valence-corrected chi connectivity index (χ4v) is 1.47. The molecule has 0 amide bonds. The first-order valence-electron chi connectivity index (χ1n) is 4.84. The highest BCUT2D eigenvalue weighted by atomic mass is 19.3. The molecule has 0 unspecified atom stereocenters. The van der Waals surface area contributed by atoms with Crippen LogP contribution < -0.4 is 9.47 Å². The van der Waals surface area contributed by atoms with Crippen molar-refractivity contribution >= 4 is 5.78 Å². The Morgan fingerprint density at radius 1 is 1.31 bits per heavy atom. The van der Waals surface area contributed by atoms with Gasteiger partial charge in [0.25, 0.3) is 0 Å². The van der Waals surface area contributed by atoms with Gasteiger partial charge in [0.05, 0.1) is 0 Å². The first-order chi connectivity index (χ1) is 7.46. The van der Waals surface area contributed by atoms with Crippen molar-refractivity contribution in [3.05, 3.63) is 23.8 Å². The lowest BCUT2D eigenvalue weighted by Crippen LogP contribution is -2.25. The second-order valence-electron chi connectivity index (χ2n) is 3.65. The molecule has 5 heteroatoms. The van der Waals surface area contributed by atoms with E-state index >= 15 is 0 Å². The first kappa shape index (κ1) is 10.9. The molecular formula is C11H10F2O3. The van der Waals surface area contributed by atoms with Crippen molar-refractivity contribution in [3.63, 3.8) is 0 Å². The monoisotopic (exact) mass is 228 g/mol. The average Bonchev–Trinajstić information content (AvgIpc) is 2.47. The van der Waals surface area contributed by atoms with Crippen molar-refractivity contribution in [1.82, 2.24) is 0 Å². The first-order valence-corrected chi connectivity index (χ1v) is 4.84. The zero-order chi connectivity index (χ0) is 11.8. The molecule has 2 rings (SSSR count). The van der Waals surface area contributed by atoms with Crippen LogP contribution in [0.3, 0.4) is 0 Å². The van der Waals surface area contributed by atoms with Gasteiger partial charge in [-0.05, 0) is 31.0 Å². The molecule has 3 nitrogen and oxygen atoms in total. The van der Waals surface area contributed by atoms with E-state index in [0.717, 1.165) is 5.56 Å². The van der Waals surface area contributed by atoms with E-state index in [4.69, 9.17) is 0 Å². The minimum Gasteiger partial charge on any atom is -0.395 e. The van der Waals surface area contributed by atoms with Gasteiger partial charge in [0.1, 0.15) is 5.78 Å². The van der Waals surface area contributed by atoms with Crippen molar-refractivity contribution in [2.24, 2.45) is 0 Å². The van der Waals surface area contributed by atoms with E-state index < -0.39 is 6.29 Å². The predicted molar refractivity (Wildman–Crippen MR) is 51.6 cm³/mol. The van der Waals surface area contributed by atoms with E-state index in [9.17, 15) is 13.6 Å². The number of fused-ring (bicyclic) bond motifs is 1. The normalized spacial score (nSPS) is 16.2. The second-order valence-corrected chi connectivity index (χ2v) is 3.65. The highest BCUT2D eigenvalue weighted by Crippen LogP contribution is 2.41. The van der Waals surface area contributed by atoms with Gasteiger partial charge >= 0.3 is 6.29 Å². The Kier molecular flexibility index (Phi) is 2.53. The number of carbonyl (C=O) groups is 1.